The molecule has 0 aromatic rings. The molecular formula is C12H24N2O. The van der Waals surface area contributed by atoms with Gasteiger partial charge in [0.15, 0.2) is 0 Å². The molecular weight excluding hydrogens is 188 g/mol. The topological polar surface area (TPSA) is 41.1 Å². The van der Waals surface area contributed by atoms with Crippen LogP contribution in [0.4, 0.5) is 0 Å². The predicted molar refractivity (Wildman–Crippen MR) is 62.7 cm³/mol. The average Bonchev–Trinajstić information content (AvgIpc) is 2.17. The second-order valence-corrected chi connectivity index (χ2v) is 5.04. The van der Waals surface area contributed by atoms with Gasteiger partial charge in [-0.15, -0.1) is 0 Å². The zero-order valence-corrected chi connectivity index (χ0v) is 10.2. The van der Waals surface area contributed by atoms with Gasteiger partial charge in [-0.2, -0.15) is 0 Å². The number of rotatable bonds is 4. The van der Waals surface area contributed by atoms with E-state index < -0.39 is 0 Å². The SMILES string of the molecule is CC(C)CC(C)NC(=O)C1CCCCN1. The Balaban J connectivity index is 2.27. The molecule has 1 amide bonds. The van der Waals surface area contributed by atoms with E-state index in [1.54, 1.807) is 0 Å². The Hall–Kier alpha value is -0.570. The molecule has 1 heterocycles. The fraction of sp³-hybridized carbons (Fsp3) is 0.917. The Kier molecular flexibility index (Phi) is 5.09. The number of carbonyl (C=O) groups is 1. The molecule has 0 aromatic heterocycles. The van der Waals surface area contributed by atoms with Gasteiger partial charge in [-0.05, 0) is 38.6 Å². The van der Waals surface area contributed by atoms with Crippen molar-refractivity contribution in [1.29, 1.82) is 0 Å². The minimum Gasteiger partial charge on any atom is -0.352 e. The van der Waals surface area contributed by atoms with Gasteiger partial charge in [-0.1, -0.05) is 20.3 Å². The molecule has 2 N–H and O–H groups in total. The van der Waals surface area contributed by atoms with Gasteiger partial charge in [0.2, 0.25) is 5.91 Å². The number of piperidine rings is 1. The number of hydrogen-bond acceptors (Lipinski definition) is 2. The van der Waals surface area contributed by atoms with Crippen LogP contribution in [0.5, 0.6) is 0 Å². The summed E-state index contributed by atoms with van der Waals surface area (Å²) in [7, 11) is 0. The van der Waals surface area contributed by atoms with Crippen molar-refractivity contribution in [3.05, 3.63) is 0 Å². The molecule has 1 rings (SSSR count). The molecule has 0 aliphatic carbocycles. The second kappa shape index (κ2) is 6.11. The largest absolute Gasteiger partial charge is 0.352 e. The van der Waals surface area contributed by atoms with Crippen LogP contribution in [-0.2, 0) is 4.79 Å². The summed E-state index contributed by atoms with van der Waals surface area (Å²) >= 11 is 0. The van der Waals surface area contributed by atoms with Crippen LogP contribution in [0, 0.1) is 5.92 Å². The van der Waals surface area contributed by atoms with Gasteiger partial charge < -0.3 is 10.6 Å². The molecule has 15 heavy (non-hydrogen) atoms. The molecule has 0 spiro atoms. The molecule has 3 heteroatoms. The first-order chi connectivity index (χ1) is 7.09. The lowest BCUT2D eigenvalue weighted by Crippen LogP contribution is -2.49. The summed E-state index contributed by atoms with van der Waals surface area (Å²) in [5, 5.41) is 6.34. The maximum Gasteiger partial charge on any atom is 0.237 e. The minimum atomic E-state index is 0.0494. The van der Waals surface area contributed by atoms with Crippen LogP contribution in [0.15, 0.2) is 0 Å². The Labute approximate surface area is 93.0 Å². The van der Waals surface area contributed by atoms with Gasteiger partial charge >= 0.3 is 0 Å². The highest BCUT2D eigenvalue weighted by Gasteiger charge is 2.21. The highest BCUT2D eigenvalue weighted by Crippen LogP contribution is 2.08. The maximum absolute atomic E-state index is 11.8. The Morgan fingerprint density at radius 2 is 2.13 bits per heavy atom. The first-order valence-corrected chi connectivity index (χ1v) is 6.13. The summed E-state index contributed by atoms with van der Waals surface area (Å²) in [4.78, 5) is 11.8. The summed E-state index contributed by atoms with van der Waals surface area (Å²) in [6.45, 7) is 7.43. The van der Waals surface area contributed by atoms with Crippen LogP contribution in [-0.4, -0.2) is 24.5 Å². The summed E-state index contributed by atoms with van der Waals surface area (Å²) in [5.41, 5.74) is 0. The monoisotopic (exact) mass is 212 g/mol. The zero-order chi connectivity index (χ0) is 11.3. The molecule has 2 unspecified atom stereocenters. The van der Waals surface area contributed by atoms with Crippen molar-refractivity contribution >= 4 is 5.91 Å². The fourth-order valence-electron chi connectivity index (χ4n) is 2.19. The number of nitrogens with one attached hydrogen (secondary N) is 2. The van der Waals surface area contributed by atoms with E-state index >= 15 is 0 Å². The van der Waals surface area contributed by atoms with E-state index in [-0.39, 0.29) is 11.9 Å². The van der Waals surface area contributed by atoms with Crippen LogP contribution < -0.4 is 10.6 Å². The molecule has 88 valence electrons. The van der Waals surface area contributed by atoms with Crippen molar-refractivity contribution in [3.63, 3.8) is 0 Å². The van der Waals surface area contributed by atoms with Crippen LogP contribution in [0.25, 0.3) is 0 Å². The number of hydrogen-bond donors (Lipinski definition) is 2. The average molecular weight is 212 g/mol. The second-order valence-electron chi connectivity index (χ2n) is 5.04. The van der Waals surface area contributed by atoms with E-state index in [0.717, 1.165) is 19.4 Å². The fourth-order valence-corrected chi connectivity index (χ4v) is 2.19. The van der Waals surface area contributed by atoms with Gasteiger partial charge in [0, 0.05) is 6.04 Å². The van der Waals surface area contributed by atoms with E-state index in [1.807, 2.05) is 0 Å². The molecule has 2 atom stereocenters. The third-order valence-corrected chi connectivity index (χ3v) is 2.84. The van der Waals surface area contributed by atoms with E-state index in [0.29, 0.717) is 12.0 Å². The van der Waals surface area contributed by atoms with Crippen LogP contribution >= 0.6 is 0 Å². The van der Waals surface area contributed by atoms with Crippen LogP contribution in [0.2, 0.25) is 0 Å². The van der Waals surface area contributed by atoms with Crippen molar-refractivity contribution in [2.24, 2.45) is 5.92 Å². The highest BCUT2D eigenvalue weighted by atomic mass is 16.2. The third-order valence-electron chi connectivity index (χ3n) is 2.84. The van der Waals surface area contributed by atoms with Crippen molar-refractivity contribution in [3.8, 4) is 0 Å². The lowest BCUT2D eigenvalue weighted by molar-refractivity contribution is -0.124. The molecule has 1 fully saturated rings. The third kappa shape index (κ3) is 4.65. The van der Waals surface area contributed by atoms with Gasteiger partial charge in [0.05, 0.1) is 6.04 Å². The van der Waals surface area contributed by atoms with E-state index in [4.69, 9.17) is 0 Å². The Morgan fingerprint density at radius 1 is 1.40 bits per heavy atom. The summed E-state index contributed by atoms with van der Waals surface area (Å²) < 4.78 is 0. The summed E-state index contributed by atoms with van der Waals surface area (Å²) in [6.07, 6.45) is 4.41. The highest BCUT2D eigenvalue weighted by molar-refractivity contribution is 5.82. The minimum absolute atomic E-state index is 0.0494. The molecule has 0 saturated carbocycles. The van der Waals surface area contributed by atoms with Gasteiger partial charge in [0.1, 0.15) is 0 Å². The van der Waals surface area contributed by atoms with Gasteiger partial charge in [0.25, 0.3) is 0 Å². The summed E-state index contributed by atoms with van der Waals surface area (Å²) in [5.74, 6) is 0.822. The molecule has 1 aliphatic rings. The molecule has 1 saturated heterocycles. The molecule has 0 bridgehead atoms. The Morgan fingerprint density at radius 3 is 2.67 bits per heavy atom. The van der Waals surface area contributed by atoms with Gasteiger partial charge in [-0.25, -0.2) is 0 Å². The quantitative estimate of drug-likeness (QED) is 0.744. The number of amides is 1. The Bertz CT molecular complexity index is 198. The molecule has 0 aromatic carbocycles. The van der Waals surface area contributed by atoms with Crippen molar-refractivity contribution in [1.82, 2.24) is 10.6 Å². The predicted octanol–water partition coefficient (Wildman–Crippen LogP) is 1.68. The first kappa shape index (κ1) is 12.5. The molecule has 3 nitrogen and oxygen atoms in total. The normalized spacial score (nSPS) is 23.9. The van der Waals surface area contributed by atoms with E-state index in [9.17, 15) is 4.79 Å². The van der Waals surface area contributed by atoms with Crippen molar-refractivity contribution < 1.29 is 4.79 Å². The standard InChI is InChI=1S/C12H24N2O/c1-9(2)8-10(3)14-12(15)11-6-4-5-7-13-11/h9-11,13H,4-8H2,1-3H3,(H,14,15). The maximum atomic E-state index is 11.8. The van der Waals surface area contributed by atoms with Gasteiger partial charge in [-0.3, -0.25) is 4.79 Å². The molecule has 0 radical (unpaired) electrons. The van der Waals surface area contributed by atoms with Crippen molar-refractivity contribution in [2.75, 3.05) is 6.54 Å². The van der Waals surface area contributed by atoms with Crippen LogP contribution in [0.1, 0.15) is 46.5 Å². The summed E-state index contributed by atoms with van der Waals surface area (Å²) in [6, 6.07) is 0.342. The van der Waals surface area contributed by atoms with E-state index in [2.05, 4.69) is 31.4 Å². The van der Waals surface area contributed by atoms with E-state index in [1.165, 1.54) is 12.8 Å². The zero-order valence-electron chi connectivity index (χ0n) is 10.2. The van der Waals surface area contributed by atoms with Crippen molar-refractivity contribution in [2.45, 2.75) is 58.5 Å². The lowest BCUT2D eigenvalue weighted by atomic mass is 10.0. The lowest BCUT2D eigenvalue weighted by Gasteiger charge is -2.25. The van der Waals surface area contributed by atoms with Crippen LogP contribution in [0.3, 0.4) is 0 Å². The first-order valence-electron chi connectivity index (χ1n) is 6.13. The number of carbonyl (C=O) groups excluding carboxylic acids is 1. The molecule has 1 aliphatic heterocycles. The smallest absolute Gasteiger partial charge is 0.237 e.